The molecule has 5 heteroatoms. The van der Waals surface area contributed by atoms with Gasteiger partial charge in [0.15, 0.2) is 0 Å². The summed E-state index contributed by atoms with van der Waals surface area (Å²) in [5, 5.41) is 0. The van der Waals surface area contributed by atoms with Gasteiger partial charge in [-0.1, -0.05) is 13.8 Å². The second-order valence-corrected chi connectivity index (χ2v) is 5.41. The van der Waals surface area contributed by atoms with Crippen LogP contribution in [0.15, 0.2) is 35.2 Å². The lowest BCUT2D eigenvalue weighted by Gasteiger charge is -2.18. The predicted octanol–water partition coefficient (Wildman–Crippen LogP) is 3.43. The molecule has 0 saturated heterocycles. The molecule has 1 aromatic carbocycles. The fourth-order valence-corrected chi connectivity index (χ4v) is 2.11. The molecule has 1 atom stereocenters. The second kappa shape index (κ2) is 5.20. The first-order valence-electron chi connectivity index (χ1n) is 5.74. The van der Waals surface area contributed by atoms with Crippen molar-refractivity contribution in [2.24, 2.45) is 11.7 Å². The number of rotatable bonds is 3. The molecule has 3 nitrogen and oxygen atoms in total. The fourth-order valence-electron chi connectivity index (χ4n) is 1.74. The molecule has 0 aliphatic carbocycles. The van der Waals surface area contributed by atoms with E-state index in [1.54, 1.807) is 24.7 Å². The Morgan fingerprint density at radius 1 is 1.39 bits per heavy atom. The highest BCUT2D eigenvalue weighted by atomic mass is 79.9. The number of hydrogen-bond donors (Lipinski definition) is 1. The molecule has 2 rings (SSSR count). The fraction of sp³-hybridized carbons (Fsp3) is 0.308. The van der Waals surface area contributed by atoms with Crippen LogP contribution < -0.4 is 5.73 Å². The van der Waals surface area contributed by atoms with Crippen molar-refractivity contribution in [1.29, 1.82) is 0 Å². The normalized spacial score (nSPS) is 13.0. The molecule has 0 aliphatic heterocycles. The van der Waals surface area contributed by atoms with E-state index < -0.39 is 0 Å². The number of nitrogens with two attached hydrogens (primary N) is 1. The minimum atomic E-state index is -0.284. The topological polar surface area (TPSA) is 43.8 Å². The molecule has 96 valence electrons. The summed E-state index contributed by atoms with van der Waals surface area (Å²) in [6.45, 7) is 4.12. The van der Waals surface area contributed by atoms with Crippen molar-refractivity contribution in [3.05, 3.63) is 46.7 Å². The largest absolute Gasteiger partial charge is 0.322 e. The van der Waals surface area contributed by atoms with Crippen LogP contribution >= 0.6 is 15.9 Å². The lowest BCUT2D eigenvalue weighted by atomic mass is 10.0. The van der Waals surface area contributed by atoms with Crippen LogP contribution in [0.25, 0.3) is 5.69 Å². The summed E-state index contributed by atoms with van der Waals surface area (Å²) in [5.74, 6) is 0.0258. The van der Waals surface area contributed by atoms with Crippen molar-refractivity contribution in [2.75, 3.05) is 0 Å². The van der Waals surface area contributed by atoms with Gasteiger partial charge >= 0.3 is 0 Å². The molecule has 0 spiro atoms. The Labute approximate surface area is 114 Å². The van der Waals surface area contributed by atoms with Crippen LogP contribution in [0, 0.1) is 11.7 Å². The molecule has 0 radical (unpaired) electrons. The van der Waals surface area contributed by atoms with Crippen molar-refractivity contribution in [1.82, 2.24) is 9.55 Å². The lowest BCUT2D eigenvalue weighted by molar-refractivity contribution is 0.497. The Balaban J connectivity index is 2.45. The molecule has 1 heterocycles. The maximum absolute atomic E-state index is 13.2. The van der Waals surface area contributed by atoms with Crippen molar-refractivity contribution in [3.8, 4) is 5.69 Å². The molecule has 0 amide bonds. The molecular weight excluding hydrogens is 297 g/mol. The molecule has 0 fully saturated rings. The summed E-state index contributed by atoms with van der Waals surface area (Å²) < 4.78 is 15.5. The molecule has 0 saturated carbocycles. The number of imidazole rings is 1. The van der Waals surface area contributed by atoms with Gasteiger partial charge in [-0.25, -0.2) is 9.37 Å². The number of aromatic nitrogens is 2. The summed E-state index contributed by atoms with van der Waals surface area (Å²) in [7, 11) is 0. The highest BCUT2D eigenvalue weighted by Crippen LogP contribution is 2.24. The van der Waals surface area contributed by atoms with Crippen LogP contribution in [0.4, 0.5) is 4.39 Å². The SMILES string of the molecule is CC(C)C(N)c1cncn1-c1ccc(F)c(Br)c1. The van der Waals surface area contributed by atoms with Gasteiger partial charge in [-0.3, -0.25) is 0 Å². The standard InChI is InChI=1S/C13H15BrFN3/c1-8(2)13(16)12-6-17-7-18(12)9-3-4-11(15)10(14)5-9/h3-8,13H,16H2,1-2H3. The Hall–Kier alpha value is -1.20. The second-order valence-electron chi connectivity index (χ2n) is 4.56. The van der Waals surface area contributed by atoms with Crippen molar-refractivity contribution in [2.45, 2.75) is 19.9 Å². The van der Waals surface area contributed by atoms with Crippen molar-refractivity contribution < 1.29 is 4.39 Å². The maximum atomic E-state index is 13.2. The summed E-state index contributed by atoms with van der Waals surface area (Å²) in [5.41, 5.74) is 7.90. The Morgan fingerprint density at radius 3 is 2.72 bits per heavy atom. The van der Waals surface area contributed by atoms with Gasteiger partial charge in [-0.05, 0) is 40.0 Å². The van der Waals surface area contributed by atoms with Gasteiger partial charge in [0.2, 0.25) is 0 Å². The monoisotopic (exact) mass is 311 g/mol. The minimum Gasteiger partial charge on any atom is -0.322 e. The molecule has 0 aliphatic rings. The van der Waals surface area contributed by atoms with Gasteiger partial charge < -0.3 is 10.3 Å². The van der Waals surface area contributed by atoms with Crippen LogP contribution in [-0.4, -0.2) is 9.55 Å². The first kappa shape index (κ1) is 13.2. The van der Waals surface area contributed by atoms with E-state index in [4.69, 9.17) is 5.73 Å². The summed E-state index contributed by atoms with van der Waals surface area (Å²) in [4.78, 5) is 4.13. The van der Waals surface area contributed by atoms with Crippen molar-refractivity contribution in [3.63, 3.8) is 0 Å². The van der Waals surface area contributed by atoms with E-state index >= 15 is 0 Å². The summed E-state index contributed by atoms with van der Waals surface area (Å²) in [6, 6.07) is 4.74. The number of benzene rings is 1. The maximum Gasteiger partial charge on any atom is 0.137 e. The molecule has 2 aromatic rings. The van der Waals surface area contributed by atoms with E-state index in [-0.39, 0.29) is 11.9 Å². The molecule has 2 N–H and O–H groups in total. The third-order valence-electron chi connectivity index (χ3n) is 2.91. The van der Waals surface area contributed by atoms with E-state index in [1.165, 1.54) is 6.07 Å². The van der Waals surface area contributed by atoms with Gasteiger partial charge in [-0.15, -0.1) is 0 Å². The van der Waals surface area contributed by atoms with Crippen LogP contribution in [0.1, 0.15) is 25.6 Å². The minimum absolute atomic E-state index is 0.101. The number of nitrogens with zero attached hydrogens (tertiary/aromatic N) is 2. The zero-order valence-electron chi connectivity index (χ0n) is 10.3. The lowest BCUT2D eigenvalue weighted by Crippen LogP contribution is -2.19. The van der Waals surface area contributed by atoms with E-state index in [2.05, 4.69) is 34.8 Å². The first-order chi connectivity index (χ1) is 8.50. The quantitative estimate of drug-likeness (QED) is 0.943. The Morgan fingerprint density at radius 2 is 2.11 bits per heavy atom. The third-order valence-corrected chi connectivity index (χ3v) is 3.52. The Bertz CT molecular complexity index is 551. The molecule has 18 heavy (non-hydrogen) atoms. The highest BCUT2D eigenvalue weighted by molar-refractivity contribution is 9.10. The van der Waals surface area contributed by atoms with Gasteiger partial charge in [0, 0.05) is 11.7 Å². The third kappa shape index (κ3) is 2.47. The van der Waals surface area contributed by atoms with Crippen LogP contribution in [0.5, 0.6) is 0 Å². The molecule has 1 aromatic heterocycles. The van der Waals surface area contributed by atoms with E-state index in [0.717, 1.165) is 11.4 Å². The van der Waals surface area contributed by atoms with E-state index in [0.29, 0.717) is 10.4 Å². The van der Waals surface area contributed by atoms with Gasteiger partial charge in [-0.2, -0.15) is 0 Å². The molecular formula is C13H15BrFN3. The van der Waals surface area contributed by atoms with Gasteiger partial charge in [0.05, 0.1) is 22.7 Å². The zero-order valence-corrected chi connectivity index (χ0v) is 11.9. The summed E-state index contributed by atoms with van der Waals surface area (Å²) in [6.07, 6.45) is 3.44. The molecule has 1 unspecified atom stereocenters. The van der Waals surface area contributed by atoms with Gasteiger partial charge in [0.25, 0.3) is 0 Å². The smallest absolute Gasteiger partial charge is 0.137 e. The van der Waals surface area contributed by atoms with Gasteiger partial charge in [0.1, 0.15) is 5.82 Å². The van der Waals surface area contributed by atoms with E-state index in [1.807, 2.05) is 4.57 Å². The average Bonchev–Trinajstić information content (AvgIpc) is 2.80. The molecule has 0 bridgehead atoms. The Kier molecular flexibility index (Phi) is 3.82. The highest BCUT2D eigenvalue weighted by Gasteiger charge is 2.16. The van der Waals surface area contributed by atoms with Crippen molar-refractivity contribution >= 4 is 15.9 Å². The van der Waals surface area contributed by atoms with E-state index in [9.17, 15) is 4.39 Å². The van der Waals surface area contributed by atoms with Crippen LogP contribution in [-0.2, 0) is 0 Å². The number of hydrogen-bond acceptors (Lipinski definition) is 2. The summed E-state index contributed by atoms with van der Waals surface area (Å²) >= 11 is 3.18. The van der Waals surface area contributed by atoms with Crippen LogP contribution in [0.3, 0.4) is 0 Å². The zero-order chi connectivity index (χ0) is 13.3. The number of halogens is 2. The predicted molar refractivity (Wildman–Crippen MR) is 73.0 cm³/mol. The first-order valence-corrected chi connectivity index (χ1v) is 6.53. The average molecular weight is 312 g/mol. The van der Waals surface area contributed by atoms with Crippen LogP contribution in [0.2, 0.25) is 0 Å².